The average molecular weight is 407 g/mol. The number of ether oxygens (including phenoxy) is 1. The van der Waals surface area contributed by atoms with E-state index in [0.29, 0.717) is 34.7 Å². The van der Waals surface area contributed by atoms with Crippen LogP contribution in [0.4, 0.5) is 10.2 Å². The second kappa shape index (κ2) is 8.67. The van der Waals surface area contributed by atoms with Crippen molar-refractivity contribution in [3.8, 4) is 22.9 Å². The van der Waals surface area contributed by atoms with Gasteiger partial charge in [0, 0.05) is 30.7 Å². The van der Waals surface area contributed by atoms with Crippen molar-refractivity contribution in [1.29, 1.82) is 0 Å². The first kappa shape index (κ1) is 18.8. The molecule has 2 aromatic heterocycles. The molecule has 0 spiro atoms. The van der Waals surface area contributed by atoms with Crippen molar-refractivity contribution in [1.82, 2.24) is 15.0 Å². The summed E-state index contributed by atoms with van der Waals surface area (Å²) in [7, 11) is 0. The smallest absolute Gasteiger partial charge is 0.163 e. The lowest BCUT2D eigenvalue weighted by molar-refractivity contribution is 0.480. The van der Waals surface area contributed by atoms with Gasteiger partial charge in [-0.25, -0.2) is 14.4 Å². The summed E-state index contributed by atoms with van der Waals surface area (Å²) in [5.41, 5.74) is 1.81. The van der Waals surface area contributed by atoms with Gasteiger partial charge >= 0.3 is 0 Å². The van der Waals surface area contributed by atoms with Gasteiger partial charge in [-0.15, -0.1) is 0 Å². The molecule has 0 saturated heterocycles. The predicted octanol–water partition coefficient (Wildman–Crippen LogP) is 5.74. The van der Waals surface area contributed by atoms with Gasteiger partial charge in [0.1, 0.15) is 23.1 Å². The van der Waals surface area contributed by atoms with Crippen LogP contribution in [-0.4, -0.2) is 15.0 Å². The van der Waals surface area contributed by atoms with Crippen molar-refractivity contribution in [3.63, 3.8) is 0 Å². The summed E-state index contributed by atoms with van der Waals surface area (Å²) in [6.45, 7) is 0.584. The number of hydrogen-bond donors (Lipinski definition) is 1. The molecule has 0 fully saturated rings. The van der Waals surface area contributed by atoms with E-state index in [0.717, 1.165) is 11.1 Å². The molecule has 0 bridgehead atoms. The maximum atomic E-state index is 13.0. The van der Waals surface area contributed by atoms with Crippen molar-refractivity contribution >= 4 is 17.4 Å². The fourth-order valence-corrected chi connectivity index (χ4v) is 2.81. The Hall–Kier alpha value is -3.51. The highest BCUT2D eigenvalue weighted by Gasteiger charge is 2.05. The van der Waals surface area contributed by atoms with Crippen LogP contribution in [0.1, 0.15) is 5.56 Å². The summed E-state index contributed by atoms with van der Waals surface area (Å²) >= 11 is 5.99. The number of nitrogens with one attached hydrogen (secondary N) is 1. The van der Waals surface area contributed by atoms with Crippen molar-refractivity contribution in [3.05, 3.63) is 95.7 Å². The van der Waals surface area contributed by atoms with Crippen molar-refractivity contribution in [2.75, 3.05) is 5.32 Å². The highest BCUT2D eigenvalue weighted by atomic mass is 35.5. The molecule has 0 atom stereocenters. The molecule has 7 heteroatoms. The minimum absolute atomic E-state index is 0.293. The molecule has 0 radical (unpaired) electrons. The Morgan fingerprint density at radius 1 is 0.931 bits per heavy atom. The zero-order valence-electron chi connectivity index (χ0n) is 15.2. The Kier molecular flexibility index (Phi) is 5.63. The molecule has 5 nitrogen and oxygen atoms in total. The number of hydrogen-bond acceptors (Lipinski definition) is 5. The van der Waals surface area contributed by atoms with E-state index < -0.39 is 0 Å². The predicted molar refractivity (Wildman–Crippen MR) is 111 cm³/mol. The second-order valence-electron chi connectivity index (χ2n) is 6.21. The van der Waals surface area contributed by atoms with Crippen LogP contribution in [0, 0.1) is 5.82 Å². The third-order valence-electron chi connectivity index (χ3n) is 4.06. The molecule has 0 unspecified atom stereocenters. The maximum Gasteiger partial charge on any atom is 0.163 e. The van der Waals surface area contributed by atoms with E-state index in [9.17, 15) is 4.39 Å². The normalized spacial score (nSPS) is 10.6. The minimum atomic E-state index is -0.293. The Balaban J connectivity index is 1.39. The number of rotatable bonds is 6. The number of aromatic nitrogens is 3. The lowest BCUT2D eigenvalue weighted by Crippen LogP contribution is -2.02. The molecule has 0 aliphatic carbocycles. The molecule has 4 aromatic rings. The van der Waals surface area contributed by atoms with E-state index >= 15 is 0 Å². The van der Waals surface area contributed by atoms with Crippen LogP contribution in [-0.2, 0) is 6.54 Å². The van der Waals surface area contributed by atoms with Gasteiger partial charge in [0.2, 0.25) is 0 Å². The minimum Gasteiger partial charge on any atom is -0.457 e. The first-order valence-electron chi connectivity index (χ1n) is 8.86. The summed E-state index contributed by atoms with van der Waals surface area (Å²) < 4.78 is 18.7. The zero-order chi connectivity index (χ0) is 20.1. The highest BCUT2D eigenvalue weighted by Crippen LogP contribution is 2.22. The topological polar surface area (TPSA) is 59.9 Å². The fraction of sp³-hybridized carbons (Fsp3) is 0.0455. The standard InChI is InChI=1S/C22H16ClFN4O/c23-17-11-16(13-25-14-17)22-26-10-9-21(28-22)27-12-15-1-5-19(6-2-15)29-20-7-3-18(24)4-8-20/h1-11,13-14H,12H2,(H,26,27,28). The van der Waals surface area contributed by atoms with Crippen LogP contribution >= 0.6 is 11.6 Å². The van der Waals surface area contributed by atoms with Gasteiger partial charge < -0.3 is 10.1 Å². The molecule has 29 heavy (non-hydrogen) atoms. The van der Waals surface area contributed by atoms with Crippen LogP contribution in [0.15, 0.2) is 79.3 Å². The maximum absolute atomic E-state index is 13.0. The quantitative estimate of drug-likeness (QED) is 0.442. The SMILES string of the molecule is Fc1ccc(Oc2ccc(CNc3ccnc(-c4cncc(Cl)c4)n3)cc2)cc1. The van der Waals surface area contributed by atoms with Gasteiger partial charge in [-0.2, -0.15) is 0 Å². The number of benzene rings is 2. The van der Waals surface area contributed by atoms with Crippen molar-refractivity contribution in [2.24, 2.45) is 0 Å². The summed E-state index contributed by atoms with van der Waals surface area (Å²) in [6.07, 6.45) is 4.92. The largest absolute Gasteiger partial charge is 0.457 e. The van der Waals surface area contributed by atoms with Crippen LogP contribution in [0.3, 0.4) is 0 Å². The molecule has 2 aromatic carbocycles. The van der Waals surface area contributed by atoms with Crippen LogP contribution in [0.2, 0.25) is 5.02 Å². The van der Waals surface area contributed by atoms with E-state index in [1.54, 1.807) is 42.9 Å². The number of nitrogens with zero attached hydrogens (tertiary/aromatic N) is 3. The van der Waals surface area contributed by atoms with E-state index in [1.807, 2.05) is 24.3 Å². The number of anilines is 1. The molecule has 0 aliphatic rings. The summed E-state index contributed by atoms with van der Waals surface area (Å²) in [5.74, 6) is 2.22. The molecule has 0 saturated carbocycles. The van der Waals surface area contributed by atoms with Crippen LogP contribution in [0.25, 0.3) is 11.4 Å². The second-order valence-corrected chi connectivity index (χ2v) is 6.65. The molecule has 0 amide bonds. The van der Waals surface area contributed by atoms with Crippen molar-refractivity contribution < 1.29 is 9.13 Å². The molecule has 2 heterocycles. The molecular weight excluding hydrogens is 391 g/mol. The summed E-state index contributed by atoms with van der Waals surface area (Å²) in [6, 6.07) is 17.1. The number of pyridine rings is 1. The summed E-state index contributed by atoms with van der Waals surface area (Å²) in [5, 5.41) is 3.81. The first-order valence-corrected chi connectivity index (χ1v) is 9.24. The zero-order valence-corrected chi connectivity index (χ0v) is 16.0. The lowest BCUT2D eigenvalue weighted by atomic mass is 10.2. The van der Waals surface area contributed by atoms with Crippen LogP contribution in [0.5, 0.6) is 11.5 Å². The van der Waals surface area contributed by atoms with E-state index in [2.05, 4.69) is 20.3 Å². The van der Waals surface area contributed by atoms with Gasteiger partial charge in [0.15, 0.2) is 5.82 Å². The van der Waals surface area contributed by atoms with Crippen molar-refractivity contribution in [2.45, 2.75) is 6.54 Å². The van der Waals surface area contributed by atoms with E-state index in [-0.39, 0.29) is 5.82 Å². The highest BCUT2D eigenvalue weighted by molar-refractivity contribution is 6.30. The monoisotopic (exact) mass is 406 g/mol. The van der Waals surface area contributed by atoms with Gasteiger partial charge in [0.25, 0.3) is 0 Å². The lowest BCUT2D eigenvalue weighted by Gasteiger charge is -2.09. The fourth-order valence-electron chi connectivity index (χ4n) is 2.64. The van der Waals surface area contributed by atoms with Gasteiger partial charge in [0.05, 0.1) is 5.02 Å². The average Bonchev–Trinajstić information content (AvgIpc) is 2.75. The summed E-state index contributed by atoms with van der Waals surface area (Å²) in [4.78, 5) is 12.8. The van der Waals surface area contributed by atoms with Gasteiger partial charge in [-0.05, 0) is 54.1 Å². The Morgan fingerprint density at radius 3 is 2.38 bits per heavy atom. The van der Waals surface area contributed by atoms with Crippen LogP contribution < -0.4 is 10.1 Å². The molecular formula is C22H16ClFN4O. The number of halogens is 2. The molecule has 1 N–H and O–H groups in total. The third kappa shape index (κ3) is 5.06. The Morgan fingerprint density at radius 2 is 1.66 bits per heavy atom. The molecule has 144 valence electrons. The Bertz CT molecular complexity index is 1100. The van der Waals surface area contributed by atoms with Gasteiger partial charge in [-0.1, -0.05) is 23.7 Å². The van der Waals surface area contributed by atoms with Gasteiger partial charge in [-0.3, -0.25) is 4.98 Å². The Labute approximate surface area is 172 Å². The third-order valence-corrected chi connectivity index (χ3v) is 4.27. The first-order chi connectivity index (χ1) is 14.2. The van der Waals surface area contributed by atoms with E-state index in [1.165, 1.54) is 12.1 Å². The molecule has 0 aliphatic heterocycles. The van der Waals surface area contributed by atoms with E-state index in [4.69, 9.17) is 16.3 Å². The molecule has 4 rings (SSSR count).